The third-order valence-corrected chi connectivity index (χ3v) is 6.04. The van der Waals surface area contributed by atoms with Crippen LogP contribution in [0, 0.1) is 0 Å². The average Bonchev–Trinajstić information content (AvgIpc) is 3.04. The molecular formula is C21H21Cl2N3O. The summed E-state index contributed by atoms with van der Waals surface area (Å²) in [6.07, 6.45) is 7.45. The summed E-state index contributed by atoms with van der Waals surface area (Å²) in [5.74, 6) is 0.793. The molecule has 140 valence electrons. The SMILES string of the molecule is CC(=O)N(c1c(-c2cccc(Cl)c2Cl)nc2ccccn12)C1CCCCC1. The molecule has 1 amide bonds. The number of aromatic nitrogens is 2. The van der Waals surface area contributed by atoms with Crippen LogP contribution >= 0.6 is 23.2 Å². The number of hydrogen-bond acceptors (Lipinski definition) is 2. The van der Waals surface area contributed by atoms with Gasteiger partial charge in [-0.3, -0.25) is 14.1 Å². The highest BCUT2D eigenvalue weighted by Gasteiger charge is 2.30. The first kappa shape index (κ1) is 18.3. The van der Waals surface area contributed by atoms with E-state index < -0.39 is 0 Å². The lowest BCUT2D eigenvalue weighted by atomic mass is 9.94. The van der Waals surface area contributed by atoms with Crippen molar-refractivity contribution in [2.24, 2.45) is 0 Å². The number of rotatable bonds is 3. The molecule has 4 nitrogen and oxygen atoms in total. The molecule has 1 aliphatic rings. The summed E-state index contributed by atoms with van der Waals surface area (Å²) in [6.45, 7) is 1.63. The van der Waals surface area contributed by atoms with Gasteiger partial charge in [-0.1, -0.05) is 60.7 Å². The third kappa shape index (κ3) is 3.32. The first-order valence-electron chi connectivity index (χ1n) is 9.29. The highest BCUT2D eigenvalue weighted by Crippen LogP contribution is 2.40. The van der Waals surface area contributed by atoms with Gasteiger partial charge in [-0.25, -0.2) is 4.98 Å². The number of imidazole rings is 1. The van der Waals surface area contributed by atoms with Crippen LogP contribution in [-0.2, 0) is 4.79 Å². The number of carbonyl (C=O) groups is 1. The predicted molar refractivity (Wildman–Crippen MR) is 111 cm³/mol. The largest absolute Gasteiger partial charge is 0.293 e. The molecule has 4 rings (SSSR count). The van der Waals surface area contributed by atoms with Gasteiger partial charge in [0.25, 0.3) is 0 Å². The number of fused-ring (bicyclic) bond motifs is 1. The standard InChI is InChI=1S/C21H21Cl2N3O/c1-14(27)26(15-8-3-2-4-9-15)21-20(16-10-7-11-17(22)19(16)23)24-18-12-5-6-13-25(18)21/h5-7,10-13,15H,2-4,8-9H2,1H3. The number of benzene rings is 1. The van der Waals surface area contributed by atoms with Crippen LogP contribution in [0.3, 0.4) is 0 Å². The van der Waals surface area contributed by atoms with Gasteiger partial charge in [0.2, 0.25) is 5.91 Å². The Labute approximate surface area is 168 Å². The summed E-state index contributed by atoms with van der Waals surface area (Å²) >= 11 is 12.8. The smallest absolute Gasteiger partial charge is 0.225 e. The monoisotopic (exact) mass is 401 g/mol. The van der Waals surface area contributed by atoms with Gasteiger partial charge in [0.05, 0.1) is 10.0 Å². The molecule has 0 saturated heterocycles. The Morgan fingerprint density at radius 2 is 1.89 bits per heavy atom. The van der Waals surface area contributed by atoms with Crippen LogP contribution < -0.4 is 4.90 Å². The molecule has 0 radical (unpaired) electrons. The van der Waals surface area contributed by atoms with E-state index in [2.05, 4.69) is 0 Å². The van der Waals surface area contributed by atoms with Crippen molar-refractivity contribution in [3.63, 3.8) is 0 Å². The second kappa shape index (κ2) is 7.53. The maximum atomic E-state index is 12.7. The van der Waals surface area contributed by atoms with Crippen LogP contribution in [0.15, 0.2) is 42.6 Å². The van der Waals surface area contributed by atoms with Gasteiger partial charge in [0.1, 0.15) is 17.2 Å². The lowest BCUT2D eigenvalue weighted by molar-refractivity contribution is -0.117. The summed E-state index contributed by atoms with van der Waals surface area (Å²) in [5, 5.41) is 0.931. The zero-order valence-electron chi connectivity index (χ0n) is 15.2. The topological polar surface area (TPSA) is 37.6 Å². The fraction of sp³-hybridized carbons (Fsp3) is 0.333. The summed E-state index contributed by atoms with van der Waals surface area (Å²) < 4.78 is 1.97. The number of carbonyl (C=O) groups excluding carboxylic acids is 1. The van der Waals surface area contributed by atoms with Crippen molar-refractivity contribution in [2.75, 3.05) is 4.90 Å². The normalized spacial score (nSPS) is 15.2. The fourth-order valence-corrected chi connectivity index (χ4v) is 4.39. The minimum absolute atomic E-state index is 0.0203. The van der Waals surface area contributed by atoms with Crippen molar-refractivity contribution in [1.82, 2.24) is 9.38 Å². The van der Waals surface area contributed by atoms with Gasteiger partial charge in [0, 0.05) is 24.7 Å². The molecule has 0 spiro atoms. The van der Waals surface area contributed by atoms with Crippen molar-refractivity contribution < 1.29 is 4.79 Å². The van der Waals surface area contributed by atoms with Crippen molar-refractivity contribution in [2.45, 2.75) is 45.1 Å². The maximum absolute atomic E-state index is 12.7. The Balaban J connectivity index is 1.97. The third-order valence-electron chi connectivity index (χ3n) is 5.22. The van der Waals surface area contributed by atoms with Gasteiger partial charge >= 0.3 is 0 Å². The van der Waals surface area contributed by atoms with Crippen molar-refractivity contribution >= 4 is 40.6 Å². The minimum Gasteiger partial charge on any atom is -0.293 e. The first-order chi connectivity index (χ1) is 13.1. The lowest BCUT2D eigenvalue weighted by Gasteiger charge is -2.33. The number of hydrogen-bond donors (Lipinski definition) is 0. The highest BCUT2D eigenvalue weighted by molar-refractivity contribution is 6.43. The van der Waals surface area contributed by atoms with Crippen molar-refractivity contribution in [1.29, 1.82) is 0 Å². The quantitative estimate of drug-likeness (QED) is 0.539. The van der Waals surface area contributed by atoms with Crippen LogP contribution in [0.2, 0.25) is 10.0 Å². The fourth-order valence-electron chi connectivity index (χ4n) is 4.00. The van der Waals surface area contributed by atoms with Gasteiger partial charge in [-0.15, -0.1) is 0 Å². The van der Waals surface area contributed by atoms with Crippen LogP contribution in [0.25, 0.3) is 16.9 Å². The predicted octanol–water partition coefficient (Wildman–Crippen LogP) is 5.99. The van der Waals surface area contributed by atoms with E-state index in [4.69, 9.17) is 28.2 Å². The molecule has 0 atom stereocenters. The number of halogens is 2. The average molecular weight is 402 g/mol. The van der Waals surface area contributed by atoms with Crippen molar-refractivity contribution in [3.8, 4) is 11.3 Å². The van der Waals surface area contributed by atoms with E-state index >= 15 is 0 Å². The molecule has 2 heterocycles. The lowest BCUT2D eigenvalue weighted by Crippen LogP contribution is -2.41. The van der Waals surface area contributed by atoms with Gasteiger partial charge in [-0.2, -0.15) is 0 Å². The Bertz CT molecular complexity index is 992. The molecular weight excluding hydrogens is 381 g/mol. The zero-order valence-corrected chi connectivity index (χ0v) is 16.7. The molecule has 1 fully saturated rings. The molecule has 1 aromatic carbocycles. The Morgan fingerprint density at radius 1 is 1.11 bits per heavy atom. The molecule has 2 aromatic heterocycles. The van der Waals surface area contributed by atoms with E-state index in [1.165, 1.54) is 6.42 Å². The minimum atomic E-state index is 0.0203. The second-order valence-electron chi connectivity index (χ2n) is 7.00. The number of nitrogens with zero attached hydrogens (tertiary/aromatic N) is 3. The maximum Gasteiger partial charge on any atom is 0.225 e. The molecule has 0 unspecified atom stereocenters. The van der Waals surface area contributed by atoms with Crippen LogP contribution in [-0.4, -0.2) is 21.3 Å². The summed E-state index contributed by atoms with van der Waals surface area (Å²) in [6, 6.07) is 11.5. The number of anilines is 1. The molecule has 3 aromatic rings. The molecule has 0 aliphatic heterocycles. The van der Waals surface area contributed by atoms with Gasteiger partial charge in [-0.05, 0) is 31.0 Å². The molecule has 0 bridgehead atoms. The number of pyridine rings is 1. The van der Waals surface area contributed by atoms with E-state index in [9.17, 15) is 4.79 Å². The summed E-state index contributed by atoms with van der Waals surface area (Å²) in [7, 11) is 0. The molecule has 27 heavy (non-hydrogen) atoms. The van der Waals surface area contributed by atoms with Crippen LogP contribution in [0.5, 0.6) is 0 Å². The van der Waals surface area contributed by atoms with E-state index in [0.717, 1.165) is 42.7 Å². The zero-order chi connectivity index (χ0) is 19.0. The van der Waals surface area contributed by atoms with E-state index in [-0.39, 0.29) is 11.9 Å². The molecule has 0 N–H and O–H groups in total. The van der Waals surface area contributed by atoms with Crippen LogP contribution in [0.4, 0.5) is 5.82 Å². The Morgan fingerprint density at radius 3 is 2.63 bits per heavy atom. The van der Waals surface area contributed by atoms with Crippen molar-refractivity contribution in [3.05, 3.63) is 52.6 Å². The number of amides is 1. The molecule has 6 heteroatoms. The molecule has 1 aliphatic carbocycles. The van der Waals surface area contributed by atoms with Gasteiger partial charge in [0.15, 0.2) is 0 Å². The van der Waals surface area contributed by atoms with E-state index in [0.29, 0.717) is 15.7 Å². The van der Waals surface area contributed by atoms with E-state index in [1.54, 1.807) is 13.0 Å². The summed E-state index contributed by atoms with van der Waals surface area (Å²) in [5.41, 5.74) is 2.21. The second-order valence-corrected chi connectivity index (χ2v) is 7.78. The van der Waals surface area contributed by atoms with Gasteiger partial charge < -0.3 is 0 Å². The Hall–Kier alpha value is -2.04. The molecule has 1 saturated carbocycles. The Kier molecular flexibility index (Phi) is 5.11. The summed E-state index contributed by atoms with van der Waals surface area (Å²) in [4.78, 5) is 19.5. The first-order valence-corrected chi connectivity index (χ1v) is 10.0. The van der Waals surface area contributed by atoms with Crippen LogP contribution in [0.1, 0.15) is 39.0 Å². The van der Waals surface area contributed by atoms with E-state index in [1.807, 2.05) is 45.8 Å². The highest BCUT2D eigenvalue weighted by atomic mass is 35.5.